The molecular formula is C12H25N3. The molecule has 3 heteroatoms. The molecule has 0 aromatic heterocycles. The van der Waals surface area contributed by atoms with Crippen LogP contribution in [0, 0.1) is 11.3 Å². The van der Waals surface area contributed by atoms with Gasteiger partial charge in [-0.1, -0.05) is 19.8 Å². The predicted molar refractivity (Wildman–Crippen MR) is 64.7 cm³/mol. The highest BCUT2D eigenvalue weighted by molar-refractivity contribution is 4.92. The van der Waals surface area contributed by atoms with E-state index in [9.17, 15) is 0 Å². The third-order valence-corrected chi connectivity index (χ3v) is 2.33. The summed E-state index contributed by atoms with van der Waals surface area (Å²) >= 11 is 0. The highest BCUT2D eigenvalue weighted by atomic mass is 15.1. The highest BCUT2D eigenvalue weighted by Gasteiger charge is 2.10. The molecule has 0 fully saturated rings. The third kappa shape index (κ3) is 8.41. The average Bonchev–Trinajstić information content (AvgIpc) is 2.16. The molecule has 1 atom stereocenters. The van der Waals surface area contributed by atoms with E-state index in [0.717, 1.165) is 13.1 Å². The molecule has 0 saturated heterocycles. The summed E-state index contributed by atoms with van der Waals surface area (Å²) in [4.78, 5) is 2.24. The van der Waals surface area contributed by atoms with Gasteiger partial charge in [-0.05, 0) is 33.9 Å². The molecule has 0 aromatic rings. The maximum absolute atomic E-state index is 8.96. The van der Waals surface area contributed by atoms with Gasteiger partial charge in [-0.15, -0.1) is 0 Å². The third-order valence-electron chi connectivity index (χ3n) is 2.33. The van der Waals surface area contributed by atoms with Gasteiger partial charge >= 0.3 is 0 Å². The van der Waals surface area contributed by atoms with Crippen LogP contribution in [0.3, 0.4) is 0 Å². The summed E-state index contributed by atoms with van der Waals surface area (Å²) in [7, 11) is 2.09. The Labute approximate surface area is 94.5 Å². The molecule has 0 amide bonds. The number of rotatable bonds is 8. The van der Waals surface area contributed by atoms with E-state index in [-0.39, 0.29) is 6.04 Å². The first-order chi connectivity index (χ1) is 7.10. The number of likely N-dealkylation sites (N-methyl/N-ethyl adjacent to an activating group) is 1. The first-order valence-electron chi connectivity index (χ1n) is 5.94. The van der Waals surface area contributed by atoms with E-state index in [1.54, 1.807) is 0 Å². The van der Waals surface area contributed by atoms with Crippen LogP contribution in [0.15, 0.2) is 0 Å². The lowest BCUT2D eigenvalue weighted by Crippen LogP contribution is -2.42. The summed E-state index contributed by atoms with van der Waals surface area (Å²) in [6.07, 6.45) is 3.76. The molecule has 0 spiro atoms. The molecule has 0 aromatic carbocycles. The van der Waals surface area contributed by atoms with Gasteiger partial charge in [0, 0.05) is 12.6 Å². The molecule has 0 aliphatic heterocycles. The summed E-state index contributed by atoms with van der Waals surface area (Å²) in [5.74, 6) is 0. The smallest absolute Gasteiger partial charge is 0.108 e. The maximum atomic E-state index is 8.96. The fourth-order valence-corrected chi connectivity index (χ4v) is 1.57. The molecule has 0 aliphatic carbocycles. The Morgan fingerprint density at radius 2 is 2.00 bits per heavy atom. The number of unbranched alkanes of at least 4 members (excludes halogenated alkanes) is 2. The topological polar surface area (TPSA) is 39.1 Å². The van der Waals surface area contributed by atoms with E-state index in [1.165, 1.54) is 19.3 Å². The summed E-state index contributed by atoms with van der Waals surface area (Å²) < 4.78 is 0. The van der Waals surface area contributed by atoms with Crippen LogP contribution in [0.5, 0.6) is 0 Å². The molecule has 15 heavy (non-hydrogen) atoms. The Bertz CT molecular complexity index is 184. The first-order valence-corrected chi connectivity index (χ1v) is 5.94. The van der Waals surface area contributed by atoms with Crippen molar-refractivity contribution in [2.75, 3.05) is 20.1 Å². The Balaban J connectivity index is 3.71. The van der Waals surface area contributed by atoms with Crippen molar-refractivity contribution in [3.05, 3.63) is 0 Å². The SMILES string of the molecule is CCCCCN(C)CC(C#N)NC(C)C. The van der Waals surface area contributed by atoms with Gasteiger partial charge in [-0.25, -0.2) is 0 Å². The van der Waals surface area contributed by atoms with E-state index in [1.807, 2.05) is 0 Å². The molecule has 0 heterocycles. The molecule has 0 bridgehead atoms. The normalized spacial score (nSPS) is 13.1. The van der Waals surface area contributed by atoms with E-state index in [4.69, 9.17) is 5.26 Å². The van der Waals surface area contributed by atoms with Gasteiger partial charge in [-0.3, -0.25) is 5.32 Å². The Morgan fingerprint density at radius 3 is 2.47 bits per heavy atom. The summed E-state index contributed by atoms with van der Waals surface area (Å²) in [6, 6.07) is 2.63. The Kier molecular flexibility index (Phi) is 8.35. The second kappa shape index (κ2) is 8.70. The molecule has 88 valence electrons. The second-order valence-corrected chi connectivity index (χ2v) is 4.47. The van der Waals surface area contributed by atoms with E-state index in [2.05, 4.69) is 44.1 Å². The van der Waals surface area contributed by atoms with Crippen molar-refractivity contribution in [3.63, 3.8) is 0 Å². The molecule has 0 aliphatic rings. The molecule has 3 nitrogen and oxygen atoms in total. The minimum atomic E-state index is -0.0448. The first kappa shape index (κ1) is 14.4. The van der Waals surface area contributed by atoms with E-state index < -0.39 is 0 Å². The van der Waals surface area contributed by atoms with Gasteiger partial charge < -0.3 is 4.90 Å². The van der Waals surface area contributed by atoms with Crippen LogP contribution in [0.25, 0.3) is 0 Å². The Hall–Kier alpha value is -0.590. The van der Waals surface area contributed by atoms with E-state index >= 15 is 0 Å². The Morgan fingerprint density at radius 1 is 1.33 bits per heavy atom. The quantitative estimate of drug-likeness (QED) is 0.624. The van der Waals surface area contributed by atoms with Crippen molar-refractivity contribution < 1.29 is 0 Å². The monoisotopic (exact) mass is 211 g/mol. The van der Waals surface area contributed by atoms with Crippen molar-refractivity contribution in [1.29, 1.82) is 5.26 Å². The number of nitrogens with zero attached hydrogens (tertiary/aromatic N) is 2. The van der Waals surface area contributed by atoms with Crippen molar-refractivity contribution in [1.82, 2.24) is 10.2 Å². The maximum Gasteiger partial charge on any atom is 0.108 e. The van der Waals surface area contributed by atoms with Gasteiger partial charge in [0.15, 0.2) is 0 Å². The lowest BCUT2D eigenvalue weighted by molar-refractivity contribution is 0.298. The number of nitriles is 1. The van der Waals surface area contributed by atoms with Crippen LogP contribution in [0.1, 0.15) is 40.0 Å². The lowest BCUT2D eigenvalue weighted by Gasteiger charge is -2.21. The van der Waals surface area contributed by atoms with Gasteiger partial charge in [0.05, 0.1) is 6.07 Å². The zero-order chi connectivity index (χ0) is 11.7. The van der Waals surface area contributed by atoms with Gasteiger partial charge in [-0.2, -0.15) is 5.26 Å². The molecule has 0 rings (SSSR count). The number of nitrogens with one attached hydrogen (secondary N) is 1. The van der Waals surface area contributed by atoms with Gasteiger partial charge in [0.25, 0.3) is 0 Å². The summed E-state index contributed by atoms with van der Waals surface area (Å²) in [5.41, 5.74) is 0. The van der Waals surface area contributed by atoms with Gasteiger partial charge in [0.1, 0.15) is 6.04 Å². The minimum Gasteiger partial charge on any atom is -0.304 e. The predicted octanol–water partition coefficient (Wildman–Crippen LogP) is 2.00. The lowest BCUT2D eigenvalue weighted by atomic mass is 10.2. The standard InChI is InChI=1S/C12H25N3/c1-5-6-7-8-15(4)10-12(9-13)14-11(2)3/h11-12,14H,5-8,10H2,1-4H3. The van der Waals surface area contributed by atoms with Crippen LogP contribution in [-0.2, 0) is 0 Å². The van der Waals surface area contributed by atoms with Gasteiger partial charge in [0.2, 0.25) is 0 Å². The molecule has 0 saturated carbocycles. The summed E-state index contributed by atoms with van der Waals surface area (Å²) in [5, 5.41) is 12.2. The second-order valence-electron chi connectivity index (χ2n) is 4.47. The zero-order valence-corrected chi connectivity index (χ0v) is 10.6. The van der Waals surface area contributed by atoms with E-state index in [0.29, 0.717) is 6.04 Å². The van der Waals surface area contributed by atoms with Crippen molar-refractivity contribution in [2.24, 2.45) is 0 Å². The van der Waals surface area contributed by atoms with Crippen molar-refractivity contribution in [3.8, 4) is 6.07 Å². The number of hydrogen-bond acceptors (Lipinski definition) is 3. The minimum absolute atomic E-state index is 0.0448. The molecule has 1 unspecified atom stereocenters. The van der Waals surface area contributed by atoms with Crippen LogP contribution >= 0.6 is 0 Å². The fraction of sp³-hybridized carbons (Fsp3) is 0.917. The molecule has 1 N–H and O–H groups in total. The molecule has 0 radical (unpaired) electrons. The molecular weight excluding hydrogens is 186 g/mol. The fourth-order valence-electron chi connectivity index (χ4n) is 1.57. The summed E-state index contributed by atoms with van der Waals surface area (Å²) in [6.45, 7) is 8.26. The highest BCUT2D eigenvalue weighted by Crippen LogP contribution is 1.98. The van der Waals surface area contributed by atoms with Crippen LogP contribution in [0.4, 0.5) is 0 Å². The van der Waals surface area contributed by atoms with Crippen LogP contribution in [0.2, 0.25) is 0 Å². The zero-order valence-electron chi connectivity index (χ0n) is 10.6. The average molecular weight is 211 g/mol. The van der Waals surface area contributed by atoms with Crippen LogP contribution < -0.4 is 5.32 Å². The number of hydrogen-bond donors (Lipinski definition) is 1. The van der Waals surface area contributed by atoms with Crippen molar-refractivity contribution >= 4 is 0 Å². The van der Waals surface area contributed by atoms with Crippen molar-refractivity contribution in [2.45, 2.75) is 52.1 Å². The largest absolute Gasteiger partial charge is 0.304 e. The van der Waals surface area contributed by atoms with Crippen LogP contribution in [-0.4, -0.2) is 37.1 Å².